The van der Waals surface area contributed by atoms with Crippen molar-refractivity contribution in [3.05, 3.63) is 77.9 Å². The first kappa shape index (κ1) is 22.7. The van der Waals surface area contributed by atoms with Crippen LogP contribution in [0.15, 0.2) is 71.6 Å². The average molecular weight is 467 g/mol. The van der Waals surface area contributed by atoms with Gasteiger partial charge in [0.05, 0.1) is 29.4 Å². The van der Waals surface area contributed by atoms with Crippen molar-refractivity contribution >= 4 is 27.3 Å². The van der Waals surface area contributed by atoms with E-state index in [9.17, 15) is 13.2 Å². The zero-order valence-electron chi connectivity index (χ0n) is 18.7. The largest absolute Gasteiger partial charge is 0.492 e. The van der Waals surface area contributed by atoms with Crippen LogP contribution in [0.25, 0.3) is 0 Å². The number of anilines is 2. The lowest BCUT2D eigenvalue weighted by Gasteiger charge is -2.35. The number of carbonyl (C=O) groups is 1. The van der Waals surface area contributed by atoms with Crippen LogP contribution in [0.3, 0.4) is 0 Å². The Balaban J connectivity index is 1.68. The number of amides is 1. The van der Waals surface area contributed by atoms with Gasteiger partial charge in [0.2, 0.25) is 0 Å². The van der Waals surface area contributed by atoms with Crippen molar-refractivity contribution in [2.75, 3.05) is 22.8 Å². The van der Waals surface area contributed by atoms with Crippen molar-refractivity contribution in [3.63, 3.8) is 0 Å². The molecule has 0 spiro atoms. The van der Waals surface area contributed by atoms with Gasteiger partial charge in [0, 0.05) is 0 Å². The van der Waals surface area contributed by atoms with E-state index in [-0.39, 0.29) is 11.4 Å². The molecule has 3 aromatic rings. The van der Waals surface area contributed by atoms with Crippen LogP contribution < -0.4 is 19.1 Å². The molecule has 33 heavy (non-hydrogen) atoms. The van der Waals surface area contributed by atoms with Crippen LogP contribution in [-0.2, 0) is 14.8 Å². The van der Waals surface area contributed by atoms with E-state index in [1.54, 1.807) is 54.6 Å². The first-order valence-electron chi connectivity index (χ1n) is 10.7. The van der Waals surface area contributed by atoms with E-state index in [2.05, 4.69) is 5.32 Å². The number of benzene rings is 3. The summed E-state index contributed by atoms with van der Waals surface area (Å²) in [6, 6.07) is 19.0. The van der Waals surface area contributed by atoms with Gasteiger partial charge in [0.25, 0.3) is 15.9 Å². The van der Waals surface area contributed by atoms with E-state index in [0.29, 0.717) is 29.5 Å². The summed E-state index contributed by atoms with van der Waals surface area (Å²) in [6.07, 6.45) is -1.05. The van der Waals surface area contributed by atoms with Gasteiger partial charge in [-0.3, -0.25) is 9.10 Å². The molecule has 0 unspecified atom stereocenters. The number of sulfonamides is 1. The summed E-state index contributed by atoms with van der Waals surface area (Å²) in [7, 11) is -3.92. The SMILES string of the molecule is CCOc1ccccc1NC(=O)[C@@H]1CN(S(=O)(=O)c2ccc(C)cc2)c2cc(C)ccc2O1. The molecule has 1 aliphatic heterocycles. The Morgan fingerprint density at radius 1 is 1.06 bits per heavy atom. The fourth-order valence-electron chi connectivity index (χ4n) is 3.63. The van der Waals surface area contributed by atoms with Crippen LogP contribution in [-0.4, -0.2) is 33.6 Å². The number of hydrogen-bond donors (Lipinski definition) is 1. The summed E-state index contributed by atoms with van der Waals surface area (Å²) < 4.78 is 39.9. The fourth-order valence-corrected chi connectivity index (χ4v) is 5.10. The van der Waals surface area contributed by atoms with Gasteiger partial charge in [0.1, 0.15) is 11.5 Å². The summed E-state index contributed by atoms with van der Waals surface area (Å²) in [5.74, 6) is 0.405. The molecule has 0 radical (unpaired) electrons. The minimum atomic E-state index is -3.92. The number of rotatable bonds is 6. The Morgan fingerprint density at radius 3 is 2.48 bits per heavy atom. The third kappa shape index (κ3) is 4.66. The summed E-state index contributed by atoms with van der Waals surface area (Å²) >= 11 is 0. The van der Waals surface area contributed by atoms with Crippen molar-refractivity contribution in [1.82, 2.24) is 0 Å². The Bertz CT molecular complexity index is 1270. The maximum atomic E-state index is 13.6. The second kappa shape index (κ2) is 9.15. The normalized spacial score (nSPS) is 15.4. The monoisotopic (exact) mass is 466 g/mol. The highest BCUT2D eigenvalue weighted by atomic mass is 32.2. The lowest BCUT2D eigenvalue weighted by Crippen LogP contribution is -2.48. The Kier molecular flexibility index (Phi) is 6.29. The first-order valence-corrected chi connectivity index (χ1v) is 12.1. The standard InChI is InChI=1S/C25H26N2O5S/c1-4-31-22-8-6-5-7-20(22)26-25(28)24-16-27(21-15-18(3)11-14-23(21)32-24)33(29,30)19-12-9-17(2)10-13-19/h5-15,24H,4,16H2,1-3H3,(H,26,28)/t24-/m0/s1. The molecule has 3 aromatic carbocycles. The van der Waals surface area contributed by atoms with E-state index in [4.69, 9.17) is 9.47 Å². The summed E-state index contributed by atoms with van der Waals surface area (Å²) in [5, 5.41) is 2.82. The van der Waals surface area contributed by atoms with E-state index in [1.165, 1.54) is 4.31 Å². The fraction of sp³-hybridized carbons (Fsp3) is 0.240. The molecule has 0 aliphatic carbocycles. The smallest absolute Gasteiger partial charge is 0.267 e. The predicted molar refractivity (Wildman–Crippen MR) is 128 cm³/mol. The molecule has 1 atom stereocenters. The van der Waals surface area contributed by atoms with E-state index in [1.807, 2.05) is 32.9 Å². The predicted octanol–water partition coefficient (Wildman–Crippen LogP) is 4.30. The van der Waals surface area contributed by atoms with Crippen LogP contribution >= 0.6 is 0 Å². The van der Waals surface area contributed by atoms with E-state index >= 15 is 0 Å². The highest BCUT2D eigenvalue weighted by molar-refractivity contribution is 7.92. The van der Waals surface area contributed by atoms with Gasteiger partial charge in [-0.05, 0) is 62.7 Å². The molecule has 0 bridgehead atoms. The van der Waals surface area contributed by atoms with Crippen molar-refractivity contribution < 1.29 is 22.7 Å². The number of carbonyl (C=O) groups excluding carboxylic acids is 1. The molecule has 1 N–H and O–H groups in total. The molecule has 1 heterocycles. The highest BCUT2D eigenvalue weighted by Crippen LogP contribution is 2.38. The van der Waals surface area contributed by atoms with Gasteiger partial charge in [-0.15, -0.1) is 0 Å². The number of nitrogens with zero attached hydrogens (tertiary/aromatic N) is 1. The van der Waals surface area contributed by atoms with Gasteiger partial charge in [-0.2, -0.15) is 0 Å². The molecule has 0 saturated carbocycles. The number of ether oxygens (including phenoxy) is 2. The maximum absolute atomic E-state index is 13.6. The van der Waals surface area contributed by atoms with Crippen molar-refractivity contribution in [1.29, 1.82) is 0 Å². The third-order valence-electron chi connectivity index (χ3n) is 5.33. The van der Waals surface area contributed by atoms with Crippen molar-refractivity contribution in [2.45, 2.75) is 31.8 Å². The van der Waals surface area contributed by atoms with Crippen LogP contribution in [0.1, 0.15) is 18.1 Å². The lowest BCUT2D eigenvalue weighted by atomic mass is 10.1. The van der Waals surface area contributed by atoms with Gasteiger partial charge in [0.15, 0.2) is 6.10 Å². The minimum absolute atomic E-state index is 0.156. The molecular formula is C25H26N2O5S. The average Bonchev–Trinajstić information content (AvgIpc) is 2.80. The Hall–Kier alpha value is -3.52. The van der Waals surface area contributed by atoms with Crippen molar-refractivity contribution in [2.24, 2.45) is 0 Å². The number of aryl methyl sites for hydroxylation is 2. The molecule has 0 saturated heterocycles. The molecule has 4 rings (SSSR count). The zero-order chi connectivity index (χ0) is 23.6. The number of para-hydroxylation sites is 2. The summed E-state index contributed by atoms with van der Waals surface area (Å²) in [5.41, 5.74) is 2.75. The van der Waals surface area contributed by atoms with Gasteiger partial charge in [-0.25, -0.2) is 8.42 Å². The van der Waals surface area contributed by atoms with Crippen LogP contribution in [0.5, 0.6) is 11.5 Å². The third-order valence-corrected chi connectivity index (χ3v) is 7.12. The molecule has 1 aliphatic rings. The van der Waals surface area contributed by atoms with Crippen molar-refractivity contribution in [3.8, 4) is 11.5 Å². The second-order valence-electron chi connectivity index (χ2n) is 7.85. The van der Waals surface area contributed by atoms with Crippen LogP contribution in [0, 0.1) is 13.8 Å². The number of fused-ring (bicyclic) bond motifs is 1. The lowest BCUT2D eigenvalue weighted by molar-refractivity contribution is -0.122. The molecule has 1 amide bonds. The maximum Gasteiger partial charge on any atom is 0.267 e. The molecule has 7 nitrogen and oxygen atoms in total. The summed E-state index contributed by atoms with van der Waals surface area (Å²) in [4.78, 5) is 13.3. The topological polar surface area (TPSA) is 84.9 Å². The first-order chi connectivity index (χ1) is 15.8. The van der Waals surface area contributed by atoms with Crippen LogP contribution in [0.2, 0.25) is 0 Å². The van der Waals surface area contributed by atoms with Gasteiger partial charge >= 0.3 is 0 Å². The molecule has 172 valence electrons. The molecule has 8 heteroatoms. The molecule has 0 fully saturated rings. The van der Waals surface area contributed by atoms with E-state index in [0.717, 1.165) is 11.1 Å². The number of hydrogen-bond acceptors (Lipinski definition) is 5. The zero-order valence-corrected chi connectivity index (χ0v) is 19.6. The van der Waals surface area contributed by atoms with E-state index < -0.39 is 22.0 Å². The quantitative estimate of drug-likeness (QED) is 0.586. The minimum Gasteiger partial charge on any atom is -0.492 e. The van der Waals surface area contributed by atoms with Gasteiger partial charge in [-0.1, -0.05) is 35.9 Å². The highest BCUT2D eigenvalue weighted by Gasteiger charge is 2.37. The molecule has 0 aromatic heterocycles. The van der Waals surface area contributed by atoms with Crippen LogP contribution in [0.4, 0.5) is 11.4 Å². The Morgan fingerprint density at radius 2 is 1.76 bits per heavy atom. The van der Waals surface area contributed by atoms with Gasteiger partial charge < -0.3 is 14.8 Å². The second-order valence-corrected chi connectivity index (χ2v) is 9.71. The molecular weight excluding hydrogens is 440 g/mol. The number of nitrogens with one attached hydrogen (secondary N) is 1. The summed E-state index contributed by atoms with van der Waals surface area (Å²) in [6.45, 7) is 5.91. The Labute approximate surface area is 194 Å².